The summed E-state index contributed by atoms with van der Waals surface area (Å²) in [6.07, 6.45) is 1.52. The zero-order chi connectivity index (χ0) is 18.1. The zero-order valence-electron chi connectivity index (χ0n) is 14.3. The molecule has 2 aliphatic rings. The van der Waals surface area contributed by atoms with Crippen molar-refractivity contribution in [1.82, 2.24) is 14.5 Å². The average Bonchev–Trinajstić information content (AvgIpc) is 3.20. The molecular formula is C18H21N3O5. The van der Waals surface area contributed by atoms with Crippen molar-refractivity contribution < 1.29 is 14.3 Å². The molecule has 138 valence electrons. The smallest absolute Gasteiger partial charge is 0.329 e. The highest BCUT2D eigenvalue weighted by Crippen LogP contribution is 2.25. The number of aromatic nitrogens is 2. The van der Waals surface area contributed by atoms with Crippen LogP contribution in [0.15, 0.2) is 33.9 Å². The molecule has 0 radical (unpaired) electrons. The third-order valence-electron chi connectivity index (χ3n) is 5.03. The first kappa shape index (κ1) is 17.0. The number of likely N-dealkylation sites (tertiary alicyclic amines) is 1. The molecule has 3 heterocycles. The molecule has 1 atom stereocenters. The Labute approximate surface area is 149 Å². The van der Waals surface area contributed by atoms with Crippen LogP contribution in [0.3, 0.4) is 0 Å². The number of piperidine rings is 1. The topological polar surface area (TPSA) is 93.6 Å². The Kier molecular flexibility index (Phi) is 4.60. The second-order valence-electron chi connectivity index (χ2n) is 6.72. The van der Waals surface area contributed by atoms with Gasteiger partial charge >= 0.3 is 5.69 Å². The van der Waals surface area contributed by atoms with Crippen LogP contribution in [0.4, 0.5) is 0 Å². The Hall–Kier alpha value is -2.45. The summed E-state index contributed by atoms with van der Waals surface area (Å²) in [4.78, 5) is 41.9. The maximum Gasteiger partial charge on any atom is 0.329 e. The summed E-state index contributed by atoms with van der Waals surface area (Å²) in [7, 11) is 0. The van der Waals surface area contributed by atoms with Gasteiger partial charge in [-0.3, -0.25) is 14.2 Å². The van der Waals surface area contributed by atoms with Crippen LogP contribution < -0.4 is 11.2 Å². The number of aromatic amines is 1. The van der Waals surface area contributed by atoms with Crippen molar-refractivity contribution in [1.29, 1.82) is 0 Å². The van der Waals surface area contributed by atoms with E-state index in [-0.39, 0.29) is 24.7 Å². The number of hydrogen-bond acceptors (Lipinski definition) is 5. The van der Waals surface area contributed by atoms with Crippen LogP contribution in [0.5, 0.6) is 0 Å². The number of nitrogens with zero attached hydrogens (tertiary/aromatic N) is 2. The standard InChI is InChI=1S/C18H21N3O5/c22-15(20-7-3-4-12(10-20)17-25-8-9-26-17)11-21-16(23)13-5-1-2-6-14(13)19-18(21)24/h1-2,5-6,12,17H,3-4,7-11H2,(H,19,24). The molecule has 8 nitrogen and oxygen atoms in total. The van der Waals surface area contributed by atoms with Gasteiger partial charge in [-0.25, -0.2) is 4.79 Å². The van der Waals surface area contributed by atoms with Gasteiger partial charge in [-0.2, -0.15) is 0 Å². The lowest BCUT2D eigenvalue weighted by atomic mass is 9.97. The van der Waals surface area contributed by atoms with Gasteiger partial charge in [-0.1, -0.05) is 12.1 Å². The van der Waals surface area contributed by atoms with E-state index in [9.17, 15) is 14.4 Å². The molecule has 2 saturated heterocycles. The van der Waals surface area contributed by atoms with Crippen LogP contribution in [0.1, 0.15) is 12.8 Å². The number of hydrogen-bond donors (Lipinski definition) is 1. The van der Waals surface area contributed by atoms with Crippen molar-refractivity contribution in [3.8, 4) is 0 Å². The summed E-state index contributed by atoms with van der Waals surface area (Å²) in [5.74, 6) is -0.114. The minimum Gasteiger partial charge on any atom is -0.350 e. The molecule has 8 heteroatoms. The second-order valence-corrected chi connectivity index (χ2v) is 6.72. The molecule has 0 aliphatic carbocycles. The van der Waals surface area contributed by atoms with Gasteiger partial charge in [0.15, 0.2) is 6.29 Å². The summed E-state index contributed by atoms with van der Waals surface area (Å²) in [6, 6.07) is 6.78. The normalized spacial score (nSPS) is 21.4. The lowest BCUT2D eigenvalue weighted by molar-refractivity contribution is -0.140. The number of para-hydroxylation sites is 1. The maximum atomic E-state index is 12.7. The fourth-order valence-corrected chi connectivity index (χ4v) is 3.69. The van der Waals surface area contributed by atoms with Crippen LogP contribution in [0, 0.1) is 5.92 Å². The molecule has 26 heavy (non-hydrogen) atoms. The largest absolute Gasteiger partial charge is 0.350 e. The Morgan fingerprint density at radius 3 is 2.77 bits per heavy atom. The number of H-pyrrole nitrogens is 1. The third kappa shape index (κ3) is 3.17. The lowest BCUT2D eigenvalue weighted by Gasteiger charge is -2.34. The molecule has 0 saturated carbocycles. The van der Waals surface area contributed by atoms with Gasteiger partial charge < -0.3 is 19.4 Å². The summed E-state index contributed by atoms with van der Waals surface area (Å²) < 4.78 is 12.1. The first-order valence-corrected chi connectivity index (χ1v) is 8.86. The van der Waals surface area contributed by atoms with Crippen molar-refractivity contribution in [2.75, 3.05) is 26.3 Å². The van der Waals surface area contributed by atoms with Crippen molar-refractivity contribution in [2.45, 2.75) is 25.7 Å². The Morgan fingerprint density at radius 2 is 1.96 bits per heavy atom. The van der Waals surface area contributed by atoms with Crippen molar-refractivity contribution in [3.05, 3.63) is 45.1 Å². The zero-order valence-corrected chi connectivity index (χ0v) is 14.3. The van der Waals surface area contributed by atoms with E-state index in [2.05, 4.69) is 4.98 Å². The number of fused-ring (bicyclic) bond motifs is 1. The van der Waals surface area contributed by atoms with Gasteiger partial charge in [0.05, 0.1) is 24.1 Å². The maximum absolute atomic E-state index is 12.7. The van der Waals surface area contributed by atoms with Crippen molar-refractivity contribution in [3.63, 3.8) is 0 Å². The van der Waals surface area contributed by atoms with E-state index in [1.54, 1.807) is 29.2 Å². The molecule has 0 spiro atoms. The second kappa shape index (κ2) is 7.05. The summed E-state index contributed by atoms with van der Waals surface area (Å²) >= 11 is 0. The highest BCUT2D eigenvalue weighted by molar-refractivity contribution is 5.79. The number of benzene rings is 1. The molecule has 2 aliphatic heterocycles. The van der Waals surface area contributed by atoms with E-state index < -0.39 is 11.2 Å². The van der Waals surface area contributed by atoms with E-state index in [0.717, 1.165) is 17.4 Å². The van der Waals surface area contributed by atoms with Gasteiger partial charge in [0.2, 0.25) is 5.91 Å². The van der Waals surface area contributed by atoms with Crippen LogP contribution in [0.25, 0.3) is 10.9 Å². The predicted octanol–water partition coefficient (Wildman–Crippen LogP) is 0.301. The molecule has 2 aromatic rings. The molecule has 0 bridgehead atoms. The van der Waals surface area contributed by atoms with E-state index in [1.165, 1.54) is 0 Å². The monoisotopic (exact) mass is 359 g/mol. The minimum absolute atomic E-state index is 0.127. The Bertz CT molecular complexity index is 928. The first-order chi connectivity index (χ1) is 12.6. The Balaban J connectivity index is 1.53. The average molecular weight is 359 g/mol. The molecule has 2 fully saturated rings. The van der Waals surface area contributed by atoms with E-state index in [0.29, 0.717) is 37.2 Å². The molecular weight excluding hydrogens is 338 g/mol. The van der Waals surface area contributed by atoms with Gasteiger partial charge in [-0.15, -0.1) is 0 Å². The van der Waals surface area contributed by atoms with Gasteiger partial charge in [0.25, 0.3) is 5.56 Å². The third-order valence-corrected chi connectivity index (χ3v) is 5.03. The fraction of sp³-hybridized carbons (Fsp3) is 0.500. The molecule has 1 aromatic carbocycles. The molecule has 4 rings (SSSR count). The highest BCUT2D eigenvalue weighted by atomic mass is 16.7. The fourth-order valence-electron chi connectivity index (χ4n) is 3.69. The predicted molar refractivity (Wildman–Crippen MR) is 93.8 cm³/mol. The van der Waals surface area contributed by atoms with Crippen LogP contribution >= 0.6 is 0 Å². The number of carbonyl (C=O) groups is 1. The van der Waals surface area contributed by atoms with E-state index in [4.69, 9.17) is 9.47 Å². The van der Waals surface area contributed by atoms with E-state index >= 15 is 0 Å². The van der Waals surface area contributed by atoms with Crippen LogP contribution in [-0.2, 0) is 20.8 Å². The quantitative estimate of drug-likeness (QED) is 0.851. The number of ether oxygens (including phenoxy) is 2. The summed E-state index contributed by atoms with van der Waals surface area (Å²) in [5, 5.41) is 0.393. The number of carbonyl (C=O) groups excluding carboxylic acids is 1. The molecule has 1 amide bonds. The SMILES string of the molecule is O=C(Cn1c(=O)[nH]c2ccccc2c1=O)N1CCCC(C2OCCO2)C1. The minimum atomic E-state index is -0.571. The Morgan fingerprint density at radius 1 is 1.19 bits per heavy atom. The van der Waals surface area contributed by atoms with Crippen molar-refractivity contribution >= 4 is 16.8 Å². The first-order valence-electron chi connectivity index (χ1n) is 8.86. The van der Waals surface area contributed by atoms with Gasteiger partial charge in [-0.05, 0) is 25.0 Å². The molecule has 1 N–H and O–H groups in total. The van der Waals surface area contributed by atoms with Crippen molar-refractivity contribution in [2.24, 2.45) is 5.92 Å². The number of rotatable bonds is 3. The molecule has 1 unspecified atom stereocenters. The number of nitrogens with one attached hydrogen (secondary N) is 1. The molecule has 1 aromatic heterocycles. The van der Waals surface area contributed by atoms with E-state index in [1.807, 2.05) is 0 Å². The van der Waals surface area contributed by atoms with Gasteiger partial charge in [0, 0.05) is 19.0 Å². The summed E-state index contributed by atoms with van der Waals surface area (Å²) in [6.45, 7) is 2.03. The summed E-state index contributed by atoms with van der Waals surface area (Å²) in [5.41, 5.74) is -0.549. The number of amides is 1. The van der Waals surface area contributed by atoms with Gasteiger partial charge in [0.1, 0.15) is 6.54 Å². The lowest BCUT2D eigenvalue weighted by Crippen LogP contribution is -2.47. The van der Waals surface area contributed by atoms with Crippen LogP contribution in [0.2, 0.25) is 0 Å². The highest BCUT2D eigenvalue weighted by Gasteiger charge is 2.33. The van der Waals surface area contributed by atoms with Crippen LogP contribution in [-0.4, -0.2) is 53.0 Å².